The first-order valence-electron chi connectivity index (χ1n) is 6.06. The first-order chi connectivity index (χ1) is 8.82. The van der Waals surface area contributed by atoms with Gasteiger partial charge in [0.05, 0.1) is 22.4 Å². The summed E-state index contributed by atoms with van der Waals surface area (Å²) in [5.74, 6) is 0. The molecule has 1 aromatic rings. The van der Waals surface area contributed by atoms with Crippen molar-refractivity contribution < 1.29 is 17.9 Å². The maximum absolute atomic E-state index is 11.2. The molecular weight excluding hydrogens is 284 g/mol. The van der Waals surface area contributed by atoms with Crippen LogP contribution in [0.25, 0.3) is 0 Å². The molecule has 0 saturated heterocycles. The number of benzene rings is 1. The highest BCUT2D eigenvalue weighted by molar-refractivity contribution is 8.13. The van der Waals surface area contributed by atoms with Gasteiger partial charge in [0.1, 0.15) is 0 Å². The number of aliphatic imine (C=N–C) groups is 1. The summed E-state index contributed by atoms with van der Waals surface area (Å²) in [5, 5.41) is 0.944. The van der Waals surface area contributed by atoms with E-state index in [1.54, 1.807) is 6.07 Å². The maximum Gasteiger partial charge on any atom is 0.294 e. The van der Waals surface area contributed by atoms with Crippen LogP contribution in [0, 0.1) is 0 Å². The lowest BCUT2D eigenvalue weighted by Gasteiger charge is -2.10. The van der Waals surface area contributed by atoms with Crippen molar-refractivity contribution in [3.8, 4) is 0 Å². The molecule has 1 atom stereocenters. The summed E-state index contributed by atoms with van der Waals surface area (Å²) in [5.41, 5.74) is 1.01. The van der Waals surface area contributed by atoms with Crippen LogP contribution in [-0.2, 0) is 10.1 Å². The van der Waals surface area contributed by atoms with Crippen molar-refractivity contribution in [2.24, 2.45) is 4.99 Å². The third kappa shape index (κ3) is 3.00. The molecule has 0 aromatic heterocycles. The monoisotopic (exact) mass is 301 g/mol. The fourth-order valence-electron chi connectivity index (χ4n) is 1.96. The zero-order valence-corrected chi connectivity index (χ0v) is 12.7. The average molecular weight is 301 g/mol. The number of amidine groups is 1. The Bertz CT molecular complexity index is 624. The van der Waals surface area contributed by atoms with Gasteiger partial charge in [0.25, 0.3) is 15.3 Å². The molecule has 0 radical (unpaired) electrons. The van der Waals surface area contributed by atoms with Crippen molar-refractivity contribution in [1.29, 1.82) is 0 Å². The fraction of sp³-hybridized carbons (Fsp3) is 0.417. The quantitative estimate of drug-likeness (QED) is 0.827. The summed E-state index contributed by atoms with van der Waals surface area (Å²) >= 11 is 1.46. The highest BCUT2D eigenvalue weighted by Crippen LogP contribution is 2.32. The van der Waals surface area contributed by atoms with Crippen molar-refractivity contribution in [3.05, 3.63) is 18.2 Å². The summed E-state index contributed by atoms with van der Waals surface area (Å²) in [4.78, 5) is 6.47. The number of thioether (sulfide) groups is 1. The van der Waals surface area contributed by atoms with E-state index in [-0.39, 0.29) is 10.9 Å². The Balaban J connectivity index is 2.47. The largest absolute Gasteiger partial charge is 0.294 e. The van der Waals surface area contributed by atoms with E-state index in [0.717, 1.165) is 27.2 Å². The zero-order valence-electron chi connectivity index (χ0n) is 11.0. The molecule has 7 heteroatoms. The molecule has 0 aliphatic carbocycles. The van der Waals surface area contributed by atoms with Gasteiger partial charge in [0.2, 0.25) is 0 Å². The van der Waals surface area contributed by atoms with Crippen LogP contribution < -0.4 is 4.90 Å². The molecule has 104 valence electrons. The van der Waals surface area contributed by atoms with Crippen molar-refractivity contribution in [2.45, 2.75) is 36.6 Å². The summed E-state index contributed by atoms with van der Waals surface area (Å²) in [7, 11) is -4.15. The first kappa shape index (κ1) is 14.5. The van der Waals surface area contributed by atoms with Crippen molar-refractivity contribution in [1.82, 2.24) is 0 Å². The van der Waals surface area contributed by atoms with Crippen molar-refractivity contribution >= 4 is 32.7 Å². The second-order valence-electron chi connectivity index (χ2n) is 4.60. The number of rotatable bonds is 3. The van der Waals surface area contributed by atoms with Gasteiger partial charge >= 0.3 is 0 Å². The fourth-order valence-corrected chi connectivity index (χ4v) is 3.88. The Kier molecular flexibility index (Phi) is 4.00. The van der Waals surface area contributed by atoms with E-state index < -0.39 is 10.1 Å². The predicted molar refractivity (Wildman–Crippen MR) is 75.8 cm³/mol. The number of fused-ring (bicyclic) bond motifs is 1. The Morgan fingerprint density at radius 2 is 2.11 bits per heavy atom. The Morgan fingerprint density at radius 3 is 2.63 bits per heavy atom. The first-order valence-corrected chi connectivity index (χ1v) is 8.32. The highest BCUT2D eigenvalue weighted by atomic mass is 32.2. The lowest BCUT2D eigenvalue weighted by molar-refractivity contribution is -0.724. The van der Waals surface area contributed by atoms with E-state index >= 15 is 0 Å². The van der Waals surface area contributed by atoms with Gasteiger partial charge in [-0.05, 0) is 44.7 Å². The Labute approximate surface area is 117 Å². The van der Waals surface area contributed by atoms with Gasteiger partial charge < -0.3 is 0 Å². The molecule has 5 nitrogen and oxygen atoms in total. The second-order valence-corrected chi connectivity index (χ2v) is 7.05. The van der Waals surface area contributed by atoms with Crippen LogP contribution in [0.3, 0.4) is 0 Å². The minimum atomic E-state index is -4.15. The van der Waals surface area contributed by atoms with E-state index in [1.807, 2.05) is 13.8 Å². The molecule has 0 saturated carbocycles. The molecule has 2 rings (SSSR count). The molecular formula is C12H17N2O3S2+. The van der Waals surface area contributed by atoms with E-state index in [2.05, 4.69) is 11.9 Å². The molecule has 0 amide bonds. The van der Waals surface area contributed by atoms with E-state index in [0.29, 0.717) is 0 Å². The normalized spacial score (nSPS) is 21.1. The van der Waals surface area contributed by atoms with E-state index in [9.17, 15) is 8.42 Å². The number of hydrogen-bond acceptors (Lipinski definition) is 4. The van der Waals surface area contributed by atoms with Crippen molar-refractivity contribution in [2.75, 3.05) is 6.54 Å². The number of hydrogen-bond donors (Lipinski definition) is 2. The summed E-state index contributed by atoms with van der Waals surface area (Å²) in [6.45, 7) is 6.91. The smallest absolute Gasteiger partial charge is 0.282 e. The van der Waals surface area contributed by atoms with Gasteiger partial charge in [-0.1, -0.05) is 0 Å². The minimum Gasteiger partial charge on any atom is -0.282 e. The molecule has 1 heterocycles. The zero-order chi connectivity index (χ0) is 14.2. The Morgan fingerprint density at radius 1 is 1.42 bits per heavy atom. The lowest BCUT2D eigenvalue weighted by atomic mass is 10.3. The third-order valence-electron chi connectivity index (χ3n) is 2.77. The molecule has 19 heavy (non-hydrogen) atoms. The van der Waals surface area contributed by atoms with Crippen LogP contribution in [0.1, 0.15) is 20.8 Å². The molecule has 0 bridgehead atoms. The number of nitrogens with zero attached hydrogens (tertiary/aromatic N) is 1. The maximum atomic E-state index is 11.2. The van der Waals surface area contributed by atoms with E-state index in [1.165, 1.54) is 23.9 Å². The van der Waals surface area contributed by atoms with Gasteiger partial charge in [-0.15, -0.1) is 0 Å². The van der Waals surface area contributed by atoms with Crippen LogP contribution in [0.15, 0.2) is 33.0 Å². The lowest BCUT2D eigenvalue weighted by Crippen LogP contribution is -3.07. The van der Waals surface area contributed by atoms with Gasteiger partial charge in [-0.3, -0.25) is 4.55 Å². The van der Waals surface area contributed by atoms with Crippen LogP contribution in [0.5, 0.6) is 0 Å². The van der Waals surface area contributed by atoms with Gasteiger partial charge in [0.15, 0.2) is 5.69 Å². The molecule has 1 aromatic carbocycles. The minimum absolute atomic E-state index is 0.0694. The molecule has 0 fully saturated rings. The molecule has 1 aliphatic heterocycles. The summed E-state index contributed by atoms with van der Waals surface area (Å²) in [6, 6.07) is 4.88. The topological polar surface area (TPSA) is 71.2 Å². The van der Waals surface area contributed by atoms with Crippen molar-refractivity contribution in [3.63, 3.8) is 0 Å². The van der Waals surface area contributed by atoms with Crippen LogP contribution in [0.2, 0.25) is 0 Å². The Hall–Kier alpha value is -0.890. The number of quaternary nitrogens is 1. The third-order valence-corrected chi connectivity index (χ3v) is 4.72. The highest BCUT2D eigenvalue weighted by Gasteiger charge is 2.33. The van der Waals surface area contributed by atoms with Crippen LogP contribution in [0.4, 0.5) is 5.69 Å². The predicted octanol–water partition coefficient (Wildman–Crippen LogP) is 1.34. The SMILES string of the molecule is CC[NH+]1C(=NC(C)C)Sc2cc(S(=O)(=O)O)ccc21. The molecule has 1 unspecified atom stereocenters. The second kappa shape index (κ2) is 5.24. The molecule has 0 spiro atoms. The summed E-state index contributed by atoms with van der Waals surface area (Å²) in [6.07, 6.45) is 0. The van der Waals surface area contributed by atoms with Gasteiger partial charge in [-0.2, -0.15) is 8.42 Å². The standard InChI is InChI=1S/C12H16N2O3S2/c1-4-14-10-6-5-9(19(15,16)17)7-11(10)18-12(14)13-8(2)3/h5-8H,4H2,1-3H3,(H,15,16,17)/p+1. The number of nitrogens with one attached hydrogen (secondary N) is 1. The molecule has 1 aliphatic rings. The van der Waals surface area contributed by atoms with E-state index in [4.69, 9.17) is 4.55 Å². The van der Waals surface area contributed by atoms with Crippen LogP contribution in [-0.4, -0.2) is 30.7 Å². The van der Waals surface area contributed by atoms with Crippen LogP contribution >= 0.6 is 11.8 Å². The average Bonchev–Trinajstić information content (AvgIpc) is 2.62. The van der Waals surface area contributed by atoms with Gasteiger partial charge in [0, 0.05) is 6.07 Å². The molecule has 2 N–H and O–H groups in total. The van der Waals surface area contributed by atoms with Gasteiger partial charge in [-0.25, -0.2) is 9.89 Å². The summed E-state index contributed by atoms with van der Waals surface area (Å²) < 4.78 is 31.4.